The molecular formula is C18H26N2O8. The van der Waals surface area contributed by atoms with Crippen LogP contribution in [0.15, 0.2) is 12.2 Å². The van der Waals surface area contributed by atoms with Gasteiger partial charge < -0.3 is 30.5 Å². The van der Waals surface area contributed by atoms with E-state index in [0.717, 1.165) is 0 Å². The van der Waals surface area contributed by atoms with Gasteiger partial charge in [-0.05, 0) is 31.6 Å². The van der Waals surface area contributed by atoms with E-state index in [1.54, 1.807) is 0 Å². The Morgan fingerprint density at radius 3 is 2.18 bits per heavy atom. The smallest absolute Gasteiger partial charge is 0.253 e. The van der Waals surface area contributed by atoms with E-state index in [-0.39, 0.29) is 24.0 Å². The number of carbonyl (C=O) groups is 4. The van der Waals surface area contributed by atoms with Crippen LogP contribution in [-0.4, -0.2) is 86.8 Å². The van der Waals surface area contributed by atoms with E-state index in [1.807, 2.05) is 0 Å². The molecule has 0 spiro atoms. The molecule has 1 fully saturated rings. The van der Waals surface area contributed by atoms with Crippen molar-refractivity contribution in [3.05, 3.63) is 12.2 Å². The number of nitrogens with one attached hydrogen (secondary N) is 1. The fourth-order valence-corrected chi connectivity index (χ4v) is 3.51. The second-order valence-electron chi connectivity index (χ2n) is 7.24. The molecule has 0 unspecified atom stereocenters. The number of hydrogen-bond acceptors (Lipinski definition) is 8. The number of rotatable bonds is 9. The molecule has 5 N–H and O–H groups in total. The second kappa shape index (κ2) is 9.87. The predicted octanol–water partition coefficient (Wildman–Crippen LogP) is -2.52. The van der Waals surface area contributed by atoms with Crippen molar-refractivity contribution in [2.75, 3.05) is 13.2 Å². The van der Waals surface area contributed by atoms with Crippen molar-refractivity contribution >= 4 is 24.0 Å². The SMILES string of the molecule is O=C[C@H](NC(=O)C1CCC(CN2C(=O)C=CC2=O)CC1)[C@@H](O)[C@H](O)[C@H](O)CO. The van der Waals surface area contributed by atoms with Crippen molar-refractivity contribution in [1.82, 2.24) is 10.2 Å². The molecule has 10 nitrogen and oxygen atoms in total. The minimum Gasteiger partial charge on any atom is -0.394 e. The zero-order valence-corrected chi connectivity index (χ0v) is 15.3. The van der Waals surface area contributed by atoms with Crippen molar-refractivity contribution in [3.8, 4) is 0 Å². The van der Waals surface area contributed by atoms with E-state index in [0.29, 0.717) is 32.2 Å². The molecule has 1 aliphatic carbocycles. The first-order chi connectivity index (χ1) is 13.3. The van der Waals surface area contributed by atoms with Crippen molar-refractivity contribution < 1.29 is 39.6 Å². The highest BCUT2D eigenvalue weighted by atomic mass is 16.4. The van der Waals surface area contributed by atoms with Crippen molar-refractivity contribution in [1.29, 1.82) is 0 Å². The first kappa shape index (κ1) is 22.2. The number of aldehydes is 1. The Balaban J connectivity index is 1.83. The normalized spacial score (nSPS) is 26.6. The maximum atomic E-state index is 12.4. The number of imide groups is 1. The zero-order valence-electron chi connectivity index (χ0n) is 15.3. The minimum atomic E-state index is -1.79. The molecule has 0 aromatic heterocycles. The zero-order chi connectivity index (χ0) is 20.8. The van der Waals surface area contributed by atoms with Gasteiger partial charge in [0.1, 0.15) is 30.6 Å². The van der Waals surface area contributed by atoms with E-state index in [9.17, 15) is 34.5 Å². The Morgan fingerprint density at radius 2 is 1.68 bits per heavy atom. The lowest BCUT2D eigenvalue weighted by Gasteiger charge is -2.31. The molecule has 0 aromatic rings. The molecule has 0 bridgehead atoms. The Labute approximate surface area is 161 Å². The third kappa shape index (κ3) is 5.22. The predicted molar refractivity (Wildman–Crippen MR) is 94.4 cm³/mol. The van der Waals surface area contributed by atoms with Gasteiger partial charge in [-0.25, -0.2) is 0 Å². The van der Waals surface area contributed by atoms with Crippen LogP contribution in [0.3, 0.4) is 0 Å². The van der Waals surface area contributed by atoms with Crippen LogP contribution in [0, 0.1) is 11.8 Å². The monoisotopic (exact) mass is 398 g/mol. The number of aliphatic hydroxyl groups is 4. The summed E-state index contributed by atoms with van der Waals surface area (Å²) in [5.41, 5.74) is 0. The summed E-state index contributed by atoms with van der Waals surface area (Å²) in [6, 6.07) is -1.42. The third-order valence-electron chi connectivity index (χ3n) is 5.31. The first-order valence-electron chi connectivity index (χ1n) is 9.22. The lowest BCUT2D eigenvalue weighted by Crippen LogP contribution is -2.54. The van der Waals surface area contributed by atoms with Crippen molar-refractivity contribution in [3.63, 3.8) is 0 Å². The minimum absolute atomic E-state index is 0.0887. The second-order valence-corrected chi connectivity index (χ2v) is 7.24. The van der Waals surface area contributed by atoms with Crippen LogP contribution in [0.25, 0.3) is 0 Å². The number of amides is 3. The molecule has 0 aromatic carbocycles. The fourth-order valence-electron chi connectivity index (χ4n) is 3.51. The van der Waals surface area contributed by atoms with Crippen molar-refractivity contribution in [2.45, 2.75) is 50.0 Å². The molecule has 1 aliphatic heterocycles. The van der Waals surface area contributed by atoms with Gasteiger partial charge in [-0.3, -0.25) is 19.3 Å². The lowest BCUT2D eigenvalue weighted by molar-refractivity contribution is -0.138. The van der Waals surface area contributed by atoms with Crippen LogP contribution in [0.4, 0.5) is 0 Å². The highest BCUT2D eigenvalue weighted by Gasteiger charge is 2.35. The van der Waals surface area contributed by atoms with Gasteiger partial charge in [0.15, 0.2) is 0 Å². The number of carbonyl (C=O) groups excluding carboxylic acids is 4. The largest absolute Gasteiger partial charge is 0.394 e. The van der Waals surface area contributed by atoms with Crippen LogP contribution in [-0.2, 0) is 19.2 Å². The highest BCUT2D eigenvalue weighted by molar-refractivity contribution is 6.12. The van der Waals surface area contributed by atoms with E-state index in [4.69, 9.17) is 5.11 Å². The van der Waals surface area contributed by atoms with E-state index in [2.05, 4.69) is 5.32 Å². The van der Waals surface area contributed by atoms with Crippen LogP contribution >= 0.6 is 0 Å². The highest BCUT2D eigenvalue weighted by Crippen LogP contribution is 2.30. The van der Waals surface area contributed by atoms with Gasteiger partial charge in [-0.2, -0.15) is 0 Å². The molecule has 3 amide bonds. The fraction of sp³-hybridized carbons (Fsp3) is 0.667. The van der Waals surface area contributed by atoms with Crippen LogP contribution in [0.1, 0.15) is 25.7 Å². The molecule has 4 atom stereocenters. The molecule has 0 saturated heterocycles. The van der Waals surface area contributed by atoms with Gasteiger partial charge in [0.2, 0.25) is 5.91 Å². The molecule has 2 rings (SSSR count). The molecule has 28 heavy (non-hydrogen) atoms. The van der Waals surface area contributed by atoms with Gasteiger partial charge in [0.25, 0.3) is 11.8 Å². The Hall–Kier alpha value is -2.14. The van der Waals surface area contributed by atoms with E-state index in [1.165, 1.54) is 17.1 Å². The van der Waals surface area contributed by atoms with Crippen LogP contribution in [0.5, 0.6) is 0 Å². The average Bonchev–Trinajstić information content (AvgIpc) is 3.02. The van der Waals surface area contributed by atoms with Gasteiger partial charge in [-0.1, -0.05) is 0 Å². The van der Waals surface area contributed by atoms with Gasteiger partial charge in [-0.15, -0.1) is 0 Å². The van der Waals surface area contributed by atoms with Gasteiger partial charge in [0, 0.05) is 24.6 Å². The summed E-state index contributed by atoms with van der Waals surface area (Å²) in [5, 5.41) is 40.2. The van der Waals surface area contributed by atoms with Crippen LogP contribution < -0.4 is 5.32 Å². The molecule has 2 aliphatic rings. The summed E-state index contributed by atoms with van der Waals surface area (Å²) < 4.78 is 0. The summed E-state index contributed by atoms with van der Waals surface area (Å²) in [4.78, 5) is 48.0. The Bertz CT molecular complexity index is 611. The number of aliphatic hydroxyl groups excluding tert-OH is 4. The van der Waals surface area contributed by atoms with E-state index >= 15 is 0 Å². The van der Waals surface area contributed by atoms with Crippen LogP contribution in [0.2, 0.25) is 0 Å². The summed E-state index contributed by atoms with van der Waals surface area (Å²) >= 11 is 0. The Kier molecular flexibility index (Phi) is 7.81. The van der Waals surface area contributed by atoms with Gasteiger partial charge in [0.05, 0.1) is 6.61 Å². The summed E-state index contributed by atoms with van der Waals surface area (Å²) in [7, 11) is 0. The molecule has 156 valence electrons. The first-order valence-corrected chi connectivity index (χ1v) is 9.22. The molecule has 10 heteroatoms. The third-order valence-corrected chi connectivity index (χ3v) is 5.31. The maximum absolute atomic E-state index is 12.4. The molecule has 0 radical (unpaired) electrons. The summed E-state index contributed by atoms with van der Waals surface area (Å²) in [6.07, 6.45) is -0.254. The molecular weight excluding hydrogens is 372 g/mol. The quantitative estimate of drug-likeness (QED) is 0.210. The lowest BCUT2D eigenvalue weighted by atomic mass is 9.81. The summed E-state index contributed by atoms with van der Waals surface area (Å²) in [6.45, 7) is -0.501. The number of nitrogens with zero attached hydrogens (tertiary/aromatic N) is 1. The van der Waals surface area contributed by atoms with Gasteiger partial charge >= 0.3 is 0 Å². The topological polar surface area (TPSA) is 164 Å². The standard InChI is InChI=1S/C18H26N2O8/c21-8-12(16(26)17(27)13(23)9-22)19-18(28)11-3-1-10(2-4-11)7-20-14(24)5-6-15(20)25/h5-6,8,10-13,16-17,22-23,26-27H,1-4,7,9H2,(H,19,28)/t10?,11?,12-,13+,16+,17+/m0/s1. The number of hydrogen-bond donors (Lipinski definition) is 5. The molecule has 1 heterocycles. The maximum Gasteiger partial charge on any atom is 0.253 e. The Morgan fingerprint density at radius 1 is 1.11 bits per heavy atom. The molecule has 1 saturated carbocycles. The summed E-state index contributed by atoms with van der Waals surface area (Å²) in [5.74, 6) is -1.46. The van der Waals surface area contributed by atoms with Crippen molar-refractivity contribution in [2.24, 2.45) is 11.8 Å². The van der Waals surface area contributed by atoms with E-state index < -0.39 is 42.8 Å². The average molecular weight is 398 g/mol.